The lowest BCUT2D eigenvalue weighted by atomic mass is 9.86. The van der Waals surface area contributed by atoms with E-state index in [0.717, 1.165) is 27.6 Å². The molecule has 3 aromatic rings. The number of hydrogen-bond donors (Lipinski definition) is 0. The van der Waals surface area contributed by atoms with Gasteiger partial charge in [0.05, 0.1) is 11.1 Å². The molecule has 0 amide bonds. The van der Waals surface area contributed by atoms with Gasteiger partial charge >= 0.3 is 0 Å². The summed E-state index contributed by atoms with van der Waals surface area (Å²) in [6, 6.07) is 15.3. The molecule has 0 radical (unpaired) electrons. The summed E-state index contributed by atoms with van der Waals surface area (Å²) in [6.07, 6.45) is 2.12. The van der Waals surface area contributed by atoms with Gasteiger partial charge in [-0.05, 0) is 43.2 Å². The number of nitrogens with zero attached hydrogens (tertiary/aromatic N) is 1. The maximum absolute atomic E-state index is 14.3. The highest BCUT2D eigenvalue weighted by Crippen LogP contribution is 2.40. The van der Waals surface area contributed by atoms with Gasteiger partial charge in [-0.15, -0.1) is 0 Å². The molecule has 4 rings (SSSR count). The van der Waals surface area contributed by atoms with Gasteiger partial charge in [0, 0.05) is 23.6 Å². The van der Waals surface area contributed by atoms with Crippen LogP contribution in [0.1, 0.15) is 36.6 Å². The largest absolute Gasteiger partial charge is 0.362 e. The summed E-state index contributed by atoms with van der Waals surface area (Å²) in [4.78, 5) is 4.53. The lowest BCUT2D eigenvalue weighted by Gasteiger charge is -2.38. The van der Waals surface area contributed by atoms with Crippen LogP contribution in [0.2, 0.25) is 0 Å². The molecule has 0 fully saturated rings. The normalized spacial score (nSPS) is 19.5. The van der Waals surface area contributed by atoms with Crippen molar-refractivity contribution in [2.24, 2.45) is 0 Å². The van der Waals surface area contributed by atoms with Gasteiger partial charge in [-0.3, -0.25) is 4.98 Å². The Kier molecular flexibility index (Phi) is 3.20. The summed E-state index contributed by atoms with van der Waals surface area (Å²) in [5.74, 6) is -0.155. The van der Waals surface area contributed by atoms with Crippen LogP contribution in [0.15, 0.2) is 54.7 Å². The summed E-state index contributed by atoms with van der Waals surface area (Å²) in [7, 11) is 0. The minimum atomic E-state index is -0.411. The summed E-state index contributed by atoms with van der Waals surface area (Å²) < 4.78 is 20.6. The maximum atomic E-state index is 14.3. The van der Waals surface area contributed by atoms with E-state index in [1.165, 1.54) is 6.07 Å². The summed E-state index contributed by atoms with van der Waals surface area (Å²) in [5, 5.41) is 1.06. The highest BCUT2D eigenvalue weighted by atomic mass is 19.1. The smallest absolute Gasteiger partial charge is 0.126 e. The van der Waals surface area contributed by atoms with E-state index in [-0.39, 0.29) is 11.9 Å². The second-order valence-corrected chi connectivity index (χ2v) is 6.70. The first-order chi connectivity index (χ1) is 11.0. The molecule has 23 heavy (non-hydrogen) atoms. The number of aromatic nitrogens is 1. The molecular formula is C20H18FNO. The fourth-order valence-corrected chi connectivity index (χ4v) is 3.34. The van der Waals surface area contributed by atoms with Gasteiger partial charge in [0.15, 0.2) is 0 Å². The van der Waals surface area contributed by atoms with Crippen molar-refractivity contribution >= 4 is 10.9 Å². The zero-order valence-corrected chi connectivity index (χ0v) is 13.2. The van der Waals surface area contributed by atoms with Crippen molar-refractivity contribution in [1.29, 1.82) is 0 Å². The third-order valence-corrected chi connectivity index (χ3v) is 4.39. The summed E-state index contributed by atoms with van der Waals surface area (Å²) in [5.41, 5.74) is 3.16. The van der Waals surface area contributed by atoms with Crippen LogP contribution >= 0.6 is 0 Å². The number of para-hydroxylation sites is 1. The highest BCUT2D eigenvalue weighted by Gasteiger charge is 2.35. The number of hydrogen-bond acceptors (Lipinski definition) is 2. The Morgan fingerprint density at radius 3 is 2.83 bits per heavy atom. The van der Waals surface area contributed by atoms with Crippen LogP contribution in [0.5, 0.6) is 0 Å². The van der Waals surface area contributed by atoms with Crippen LogP contribution in [0.25, 0.3) is 10.9 Å². The summed E-state index contributed by atoms with van der Waals surface area (Å²) in [6.45, 7) is 4.01. The molecule has 2 heterocycles. The Bertz CT molecular complexity index is 888. The van der Waals surface area contributed by atoms with E-state index >= 15 is 0 Å². The molecule has 2 aromatic carbocycles. The minimum Gasteiger partial charge on any atom is -0.362 e. The standard InChI is InChI=1S/C20H18FNO/c1-20(2)11-16-15(7-5-8-17(16)21)19(23-20)14-10-13-6-3-4-9-18(13)22-12-14/h3-10,12,19H,11H2,1-2H3. The first-order valence-electron chi connectivity index (χ1n) is 7.83. The number of benzene rings is 2. The zero-order valence-electron chi connectivity index (χ0n) is 13.2. The molecule has 0 saturated heterocycles. The molecule has 0 aliphatic carbocycles. The van der Waals surface area contributed by atoms with E-state index < -0.39 is 5.60 Å². The SMILES string of the molecule is CC1(C)Cc2c(F)cccc2C(c2cnc3ccccc3c2)O1. The molecule has 2 nitrogen and oxygen atoms in total. The van der Waals surface area contributed by atoms with Gasteiger partial charge in [-0.1, -0.05) is 30.3 Å². The van der Waals surface area contributed by atoms with E-state index in [0.29, 0.717) is 6.42 Å². The zero-order chi connectivity index (χ0) is 16.0. The molecule has 3 heteroatoms. The second-order valence-electron chi connectivity index (χ2n) is 6.70. The lowest BCUT2D eigenvalue weighted by Crippen LogP contribution is -2.35. The van der Waals surface area contributed by atoms with Crippen LogP contribution < -0.4 is 0 Å². The van der Waals surface area contributed by atoms with E-state index in [9.17, 15) is 4.39 Å². The first-order valence-corrected chi connectivity index (χ1v) is 7.83. The van der Waals surface area contributed by atoms with E-state index in [2.05, 4.69) is 11.1 Å². The van der Waals surface area contributed by atoms with Gasteiger partial charge in [-0.2, -0.15) is 0 Å². The van der Waals surface area contributed by atoms with E-state index in [1.807, 2.05) is 50.4 Å². The molecule has 1 atom stereocenters. The third kappa shape index (κ3) is 2.51. The fourth-order valence-electron chi connectivity index (χ4n) is 3.34. The molecule has 0 saturated carbocycles. The van der Waals surface area contributed by atoms with Crippen molar-refractivity contribution in [2.45, 2.75) is 32.0 Å². The predicted molar refractivity (Wildman–Crippen MR) is 88.9 cm³/mol. The van der Waals surface area contributed by atoms with Gasteiger partial charge in [0.25, 0.3) is 0 Å². The molecule has 116 valence electrons. The van der Waals surface area contributed by atoms with Gasteiger partial charge in [-0.25, -0.2) is 4.39 Å². The van der Waals surface area contributed by atoms with Crippen molar-refractivity contribution in [3.63, 3.8) is 0 Å². The van der Waals surface area contributed by atoms with E-state index in [4.69, 9.17) is 4.74 Å². The topological polar surface area (TPSA) is 22.1 Å². The Balaban J connectivity index is 1.88. The average Bonchev–Trinajstić information content (AvgIpc) is 2.54. The quantitative estimate of drug-likeness (QED) is 0.643. The molecule has 0 bridgehead atoms. The van der Waals surface area contributed by atoms with Gasteiger partial charge in [0.2, 0.25) is 0 Å². The van der Waals surface area contributed by atoms with Crippen LogP contribution in [0.3, 0.4) is 0 Å². The second kappa shape index (κ2) is 5.14. The van der Waals surface area contributed by atoms with Crippen LogP contribution in [0.4, 0.5) is 4.39 Å². The number of ether oxygens (including phenoxy) is 1. The molecular weight excluding hydrogens is 289 g/mol. The minimum absolute atomic E-state index is 0.155. The highest BCUT2D eigenvalue weighted by molar-refractivity contribution is 5.79. The van der Waals surface area contributed by atoms with Crippen molar-refractivity contribution < 1.29 is 9.13 Å². The maximum Gasteiger partial charge on any atom is 0.126 e. The molecule has 0 spiro atoms. The van der Waals surface area contributed by atoms with Crippen molar-refractivity contribution in [2.75, 3.05) is 0 Å². The van der Waals surface area contributed by atoms with Crippen LogP contribution in [-0.4, -0.2) is 10.6 Å². The molecule has 1 aliphatic heterocycles. The van der Waals surface area contributed by atoms with Gasteiger partial charge < -0.3 is 4.74 Å². The van der Waals surface area contributed by atoms with Crippen molar-refractivity contribution in [3.05, 3.63) is 77.2 Å². The number of rotatable bonds is 1. The Morgan fingerprint density at radius 1 is 1.13 bits per heavy atom. The van der Waals surface area contributed by atoms with Crippen LogP contribution in [-0.2, 0) is 11.2 Å². The first kappa shape index (κ1) is 14.3. The van der Waals surface area contributed by atoms with Crippen molar-refractivity contribution in [3.8, 4) is 0 Å². The summed E-state index contributed by atoms with van der Waals surface area (Å²) >= 11 is 0. The molecule has 1 unspecified atom stereocenters. The average molecular weight is 307 g/mol. The Morgan fingerprint density at radius 2 is 1.96 bits per heavy atom. The Hall–Kier alpha value is -2.26. The number of halogens is 1. The van der Waals surface area contributed by atoms with Crippen molar-refractivity contribution in [1.82, 2.24) is 4.98 Å². The predicted octanol–water partition coefficient (Wildman–Crippen LogP) is 4.81. The molecule has 1 aromatic heterocycles. The van der Waals surface area contributed by atoms with Gasteiger partial charge in [0.1, 0.15) is 11.9 Å². The van der Waals surface area contributed by atoms with Crippen LogP contribution in [0, 0.1) is 5.82 Å². The number of pyridine rings is 1. The fraction of sp³-hybridized carbons (Fsp3) is 0.250. The molecule has 0 N–H and O–H groups in total. The third-order valence-electron chi connectivity index (χ3n) is 4.39. The van der Waals surface area contributed by atoms with E-state index in [1.54, 1.807) is 6.07 Å². The monoisotopic (exact) mass is 307 g/mol. The lowest BCUT2D eigenvalue weighted by molar-refractivity contribution is -0.0678. The molecule has 1 aliphatic rings. The Labute approximate surface area is 134 Å². The number of fused-ring (bicyclic) bond motifs is 2.